The number of carbonyl (C=O) groups excluding carboxylic acids is 2. The molecule has 1 N–H and O–H groups in total. The van der Waals surface area contributed by atoms with E-state index in [0.29, 0.717) is 12.8 Å². The van der Waals surface area contributed by atoms with Crippen molar-refractivity contribution in [2.45, 2.75) is 76.9 Å². The van der Waals surface area contributed by atoms with Crippen molar-refractivity contribution >= 4 is 11.8 Å². The number of ether oxygens (including phenoxy) is 1. The standard InChI is InChI=1S/C20H30O4/c1-2-3-6-9-15(21)12-13-16-17-10-7-4-5-8-11-20(23)24-19(17)14-18(16)22/h4,7,12-13,15-17,19,21H,2-3,5-6,8-11,14H2,1H3/b7-4-,13-12+/t15-,16?,17+,19-/m0/s1. The summed E-state index contributed by atoms with van der Waals surface area (Å²) in [5.74, 6) is -0.345. The minimum absolute atomic E-state index is 0.00473. The van der Waals surface area contributed by atoms with E-state index in [1.165, 1.54) is 0 Å². The highest BCUT2D eigenvalue weighted by molar-refractivity contribution is 5.86. The zero-order valence-corrected chi connectivity index (χ0v) is 14.7. The fraction of sp³-hybridized carbons (Fsp3) is 0.700. The molecule has 4 atom stereocenters. The van der Waals surface area contributed by atoms with Gasteiger partial charge < -0.3 is 9.84 Å². The largest absolute Gasteiger partial charge is 0.462 e. The van der Waals surface area contributed by atoms with Gasteiger partial charge in [0.15, 0.2) is 0 Å². The van der Waals surface area contributed by atoms with Crippen LogP contribution in [-0.4, -0.2) is 29.1 Å². The molecule has 1 fully saturated rings. The summed E-state index contributed by atoms with van der Waals surface area (Å²) in [6.07, 6.45) is 14.1. The number of allylic oxidation sites excluding steroid dienone is 3. The SMILES string of the molecule is CCCCC[C@H](O)/C=C/C1C(=O)C[C@@H]2OC(=O)CCC/C=C\C[C@H]12. The second-order valence-electron chi connectivity index (χ2n) is 6.94. The number of ketones is 1. The second kappa shape index (κ2) is 9.77. The van der Waals surface area contributed by atoms with Crippen molar-refractivity contribution in [3.8, 4) is 0 Å². The fourth-order valence-electron chi connectivity index (χ4n) is 3.54. The number of esters is 1. The Labute approximate surface area is 145 Å². The third-order valence-electron chi connectivity index (χ3n) is 4.97. The van der Waals surface area contributed by atoms with Crippen LogP contribution < -0.4 is 0 Å². The number of fused-ring (bicyclic) bond motifs is 1. The summed E-state index contributed by atoms with van der Waals surface area (Å²) in [6, 6.07) is 0. The summed E-state index contributed by atoms with van der Waals surface area (Å²) in [6.45, 7) is 2.13. The van der Waals surface area contributed by atoms with Gasteiger partial charge in [-0.25, -0.2) is 0 Å². The van der Waals surface area contributed by atoms with Crippen LogP contribution in [0.3, 0.4) is 0 Å². The van der Waals surface area contributed by atoms with Crippen LogP contribution in [0.4, 0.5) is 0 Å². The van der Waals surface area contributed by atoms with Gasteiger partial charge in [-0.15, -0.1) is 0 Å². The molecule has 1 heterocycles. The summed E-state index contributed by atoms with van der Waals surface area (Å²) in [5, 5.41) is 10.0. The van der Waals surface area contributed by atoms with E-state index < -0.39 is 6.10 Å². The van der Waals surface area contributed by atoms with Gasteiger partial charge in [0.25, 0.3) is 0 Å². The number of hydrogen-bond donors (Lipinski definition) is 1. The summed E-state index contributed by atoms with van der Waals surface area (Å²) in [5.41, 5.74) is 0. The smallest absolute Gasteiger partial charge is 0.306 e. The molecule has 0 radical (unpaired) electrons. The van der Waals surface area contributed by atoms with Crippen LogP contribution in [0.1, 0.15) is 64.7 Å². The van der Waals surface area contributed by atoms with Crippen LogP contribution in [-0.2, 0) is 14.3 Å². The van der Waals surface area contributed by atoms with Gasteiger partial charge in [0, 0.05) is 24.7 Å². The average molecular weight is 334 g/mol. The minimum atomic E-state index is -0.499. The Bertz CT molecular complexity index is 480. The third kappa shape index (κ3) is 5.59. The molecule has 1 aliphatic carbocycles. The van der Waals surface area contributed by atoms with Gasteiger partial charge in [-0.1, -0.05) is 50.5 Å². The third-order valence-corrected chi connectivity index (χ3v) is 4.97. The second-order valence-corrected chi connectivity index (χ2v) is 6.94. The Morgan fingerprint density at radius 2 is 2.17 bits per heavy atom. The van der Waals surface area contributed by atoms with E-state index in [0.717, 1.165) is 44.9 Å². The minimum Gasteiger partial charge on any atom is -0.462 e. The van der Waals surface area contributed by atoms with Crippen LogP contribution in [0, 0.1) is 11.8 Å². The van der Waals surface area contributed by atoms with E-state index >= 15 is 0 Å². The van der Waals surface area contributed by atoms with Crippen molar-refractivity contribution in [1.29, 1.82) is 0 Å². The summed E-state index contributed by atoms with van der Waals surface area (Å²) < 4.78 is 5.55. The number of aliphatic hydroxyl groups excluding tert-OH is 1. The average Bonchev–Trinajstić information content (AvgIpc) is 2.84. The van der Waals surface area contributed by atoms with Crippen LogP contribution in [0.15, 0.2) is 24.3 Å². The van der Waals surface area contributed by atoms with Crippen molar-refractivity contribution in [3.63, 3.8) is 0 Å². The first-order valence-corrected chi connectivity index (χ1v) is 9.35. The Hall–Kier alpha value is -1.42. The van der Waals surface area contributed by atoms with Gasteiger partial charge in [-0.3, -0.25) is 9.59 Å². The van der Waals surface area contributed by atoms with Crippen molar-refractivity contribution in [1.82, 2.24) is 0 Å². The lowest BCUT2D eigenvalue weighted by Crippen LogP contribution is -2.25. The molecule has 4 heteroatoms. The van der Waals surface area contributed by atoms with E-state index in [-0.39, 0.29) is 29.7 Å². The summed E-state index contributed by atoms with van der Waals surface area (Å²) >= 11 is 0. The number of carbonyl (C=O) groups is 2. The van der Waals surface area contributed by atoms with Gasteiger partial charge in [0.05, 0.1) is 6.10 Å². The molecule has 0 spiro atoms. The van der Waals surface area contributed by atoms with Gasteiger partial charge in [-0.05, 0) is 25.7 Å². The Morgan fingerprint density at radius 1 is 1.33 bits per heavy atom. The highest BCUT2D eigenvalue weighted by Gasteiger charge is 2.42. The normalized spacial score (nSPS) is 30.8. The monoisotopic (exact) mass is 334 g/mol. The molecule has 0 saturated heterocycles. The Balaban J connectivity index is 2.01. The molecule has 134 valence electrons. The molecule has 0 amide bonds. The molecule has 2 aliphatic rings. The first-order chi connectivity index (χ1) is 11.6. The lowest BCUT2D eigenvalue weighted by Gasteiger charge is -2.22. The molecule has 1 unspecified atom stereocenters. The quantitative estimate of drug-likeness (QED) is 0.457. The lowest BCUT2D eigenvalue weighted by molar-refractivity contribution is -0.151. The molecule has 0 aromatic heterocycles. The predicted octanol–water partition coefficient (Wildman–Crippen LogP) is 3.73. The zero-order chi connectivity index (χ0) is 17.4. The van der Waals surface area contributed by atoms with Crippen molar-refractivity contribution in [2.24, 2.45) is 11.8 Å². The van der Waals surface area contributed by atoms with E-state index in [1.807, 2.05) is 6.08 Å². The zero-order valence-electron chi connectivity index (χ0n) is 14.7. The highest BCUT2D eigenvalue weighted by atomic mass is 16.5. The molecular weight excluding hydrogens is 304 g/mol. The van der Waals surface area contributed by atoms with Gasteiger partial charge in [0.2, 0.25) is 0 Å². The van der Waals surface area contributed by atoms with Crippen LogP contribution >= 0.6 is 0 Å². The van der Waals surface area contributed by atoms with Crippen molar-refractivity contribution in [2.75, 3.05) is 0 Å². The first-order valence-electron chi connectivity index (χ1n) is 9.35. The van der Waals surface area contributed by atoms with Crippen LogP contribution in [0.2, 0.25) is 0 Å². The molecule has 24 heavy (non-hydrogen) atoms. The number of rotatable bonds is 6. The molecule has 1 aliphatic heterocycles. The van der Waals surface area contributed by atoms with E-state index in [9.17, 15) is 14.7 Å². The van der Waals surface area contributed by atoms with Gasteiger partial charge in [0.1, 0.15) is 11.9 Å². The van der Waals surface area contributed by atoms with Crippen molar-refractivity contribution < 1.29 is 19.4 Å². The molecule has 1 saturated carbocycles. The molecule has 0 aromatic carbocycles. The number of unbranched alkanes of at least 4 members (excludes halogenated alkanes) is 2. The lowest BCUT2D eigenvalue weighted by atomic mass is 9.89. The molecule has 0 aromatic rings. The van der Waals surface area contributed by atoms with E-state index in [2.05, 4.69) is 19.1 Å². The van der Waals surface area contributed by atoms with E-state index in [4.69, 9.17) is 4.74 Å². The predicted molar refractivity (Wildman–Crippen MR) is 93.4 cm³/mol. The molecule has 0 bridgehead atoms. The maximum atomic E-state index is 12.4. The molecular formula is C20H30O4. The summed E-state index contributed by atoms with van der Waals surface area (Å²) in [7, 11) is 0. The summed E-state index contributed by atoms with van der Waals surface area (Å²) in [4.78, 5) is 24.2. The maximum Gasteiger partial charge on any atom is 0.306 e. The molecule has 2 rings (SSSR count). The van der Waals surface area contributed by atoms with Crippen LogP contribution in [0.25, 0.3) is 0 Å². The van der Waals surface area contributed by atoms with Crippen LogP contribution in [0.5, 0.6) is 0 Å². The Morgan fingerprint density at radius 3 is 2.96 bits per heavy atom. The van der Waals surface area contributed by atoms with Crippen molar-refractivity contribution in [3.05, 3.63) is 24.3 Å². The number of hydrogen-bond acceptors (Lipinski definition) is 4. The Kier molecular flexibility index (Phi) is 7.70. The van der Waals surface area contributed by atoms with Gasteiger partial charge >= 0.3 is 5.97 Å². The van der Waals surface area contributed by atoms with E-state index in [1.54, 1.807) is 6.08 Å². The topological polar surface area (TPSA) is 63.6 Å². The maximum absolute atomic E-state index is 12.4. The fourth-order valence-corrected chi connectivity index (χ4v) is 3.54. The van der Waals surface area contributed by atoms with Gasteiger partial charge in [-0.2, -0.15) is 0 Å². The number of Topliss-reactive ketones (excluding diaryl/α,β-unsaturated/α-hetero) is 1. The first kappa shape index (κ1) is 18.9. The molecule has 4 nitrogen and oxygen atoms in total. The highest BCUT2D eigenvalue weighted by Crippen LogP contribution is 2.36. The number of aliphatic hydroxyl groups is 1.